The largest absolute Gasteiger partial charge is 0.480 e. The van der Waals surface area contributed by atoms with Crippen molar-refractivity contribution >= 4 is 12.0 Å². The van der Waals surface area contributed by atoms with Crippen molar-refractivity contribution < 1.29 is 19.4 Å². The summed E-state index contributed by atoms with van der Waals surface area (Å²) >= 11 is 0. The Labute approximate surface area is 114 Å². The minimum atomic E-state index is -1.01. The second-order valence-electron chi connectivity index (χ2n) is 5.91. The predicted octanol–water partition coefficient (Wildman–Crippen LogP) is 1.45. The molecule has 0 aliphatic heterocycles. The number of methoxy groups -OCH3 is 1. The van der Waals surface area contributed by atoms with Crippen LogP contribution in [0, 0.1) is 0 Å². The number of urea groups is 1. The van der Waals surface area contributed by atoms with E-state index in [0.717, 1.165) is 19.3 Å². The quantitative estimate of drug-likeness (QED) is 0.812. The molecule has 2 amide bonds. The van der Waals surface area contributed by atoms with Crippen LogP contribution >= 0.6 is 0 Å². The summed E-state index contributed by atoms with van der Waals surface area (Å²) in [6, 6.07) is -0.375. The van der Waals surface area contributed by atoms with Gasteiger partial charge in [0.2, 0.25) is 0 Å². The molecule has 0 radical (unpaired) electrons. The lowest BCUT2D eigenvalue weighted by atomic mass is 10.1. The lowest BCUT2D eigenvalue weighted by molar-refractivity contribution is -0.138. The van der Waals surface area contributed by atoms with Crippen LogP contribution in [0.15, 0.2) is 0 Å². The summed E-state index contributed by atoms with van der Waals surface area (Å²) in [4.78, 5) is 24.4. The molecule has 0 saturated heterocycles. The van der Waals surface area contributed by atoms with Gasteiger partial charge in [0, 0.05) is 12.6 Å². The van der Waals surface area contributed by atoms with E-state index in [-0.39, 0.29) is 24.7 Å². The number of nitrogens with one attached hydrogen (secondary N) is 1. The molecule has 0 bridgehead atoms. The maximum absolute atomic E-state index is 12.2. The lowest BCUT2D eigenvalue weighted by Gasteiger charge is -2.35. The minimum absolute atomic E-state index is 0.0237. The molecule has 1 aliphatic carbocycles. The molecule has 2 N–H and O–H groups in total. The normalized spacial score (nSPS) is 23.2. The summed E-state index contributed by atoms with van der Waals surface area (Å²) in [5, 5.41) is 11.8. The van der Waals surface area contributed by atoms with Crippen LogP contribution in [0.4, 0.5) is 4.79 Å². The van der Waals surface area contributed by atoms with E-state index in [1.165, 1.54) is 4.90 Å². The van der Waals surface area contributed by atoms with Crippen molar-refractivity contribution in [2.75, 3.05) is 13.7 Å². The molecule has 0 aromatic rings. The number of carbonyl (C=O) groups excluding carboxylic acids is 1. The molecule has 0 spiro atoms. The van der Waals surface area contributed by atoms with Gasteiger partial charge in [-0.1, -0.05) is 0 Å². The fraction of sp³-hybridized carbons (Fsp3) is 0.846. The van der Waals surface area contributed by atoms with Gasteiger partial charge in [0.05, 0.1) is 12.1 Å². The zero-order chi connectivity index (χ0) is 14.6. The fourth-order valence-corrected chi connectivity index (χ4v) is 2.36. The number of hydrogen-bond acceptors (Lipinski definition) is 3. The number of ether oxygens (including phenoxy) is 1. The van der Waals surface area contributed by atoms with E-state index in [4.69, 9.17) is 9.84 Å². The topological polar surface area (TPSA) is 78.9 Å². The predicted molar refractivity (Wildman–Crippen MR) is 71.1 cm³/mol. The van der Waals surface area contributed by atoms with Crippen LogP contribution in [0.5, 0.6) is 0 Å². The first kappa shape index (κ1) is 15.8. The maximum atomic E-state index is 12.2. The highest BCUT2D eigenvalue weighted by Gasteiger charge is 2.33. The molecule has 2 unspecified atom stereocenters. The Bertz CT molecular complexity index is 338. The highest BCUT2D eigenvalue weighted by Crippen LogP contribution is 2.22. The zero-order valence-corrected chi connectivity index (χ0v) is 12.1. The van der Waals surface area contributed by atoms with Crippen molar-refractivity contribution in [3.8, 4) is 0 Å². The van der Waals surface area contributed by atoms with Crippen LogP contribution in [-0.4, -0.2) is 53.3 Å². The van der Waals surface area contributed by atoms with Crippen LogP contribution in [-0.2, 0) is 9.53 Å². The fourth-order valence-electron chi connectivity index (χ4n) is 2.36. The van der Waals surface area contributed by atoms with E-state index in [0.29, 0.717) is 0 Å². The van der Waals surface area contributed by atoms with E-state index in [2.05, 4.69) is 5.32 Å². The van der Waals surface area contributed by atoms with Gasteiger partial charge < -0.3 is 20.1 Å². The highest BCUT2D eigenvalue weighted by molar-refractivity contribution is 5.81. The standard InChI is InChI=1S/C13H24N2O4/c1-13(2,3)15(8-11(16)17)12(18)14-9-6-5-7-10(9)19-4/h9-10H,5-8H2,1-4H3,(H,14,18)(H,16,17). The second-order valence-corrected chi connectivity index (χ2v) is 5.91. The van der Waals surface area contributed by atoms with Gasteiger partial charge in [-0.25, -0.2) is 4.79 Å². The zero-order valence-electron chi connectivity index (χ0n) is 12.1. The summed E-state index contributed by atoms with van der Waals surface area (Å²) in [6.45, 7) is 5.15. The molecular weight excluding hydrogens is 248 g/mol. The Morgan fingerprint density at radius 2 is 2.00 bits per heavy atom. The van der Waals surface area contributed by atoms with Crippen LogP contribution < -0.4 is 5.32 Å². The number of aliphatic carboxylic acids is 1. The molecule has 1 saturated carbocycles. The Hall–Kier alpha value is -1.30. The molecular formula is C13H24N2O4. The van der Waals surface area contributed by atoms with Gasteiger partial charge in [0.15, 0.2) is 0 Å². The van der Waals surface area contributed by atoms with Crippen LogP contribution in [0.25, 0.3) is 0 Å². The van der Waals surface area contributed by atoms with Crippen molar-refractivity contribution in [1.82, 2.24) is 10.2 Å². The van der Waals surface area contributed by atoms with Crippen LogP contribution in [0.3, 0.4) is 0 Å². The van der Waals surface area contributed by atoms with E-state index in [1.54, 1.807) is 7.11 Å². The third kappa shape index (κ3) is 4.38. The van der Waals surface area contributed by atoms with Crippen molar-refractivity contribution in [3.05, 3.63) is 0 Å². The van der Waals surface area contributed by atoms with Crippen molar-refractivity contribution in [2.24, 2.45) is 0 Å². The Morgan fingerprint density at radius 3 is 2.47 bits per heavy atom. The first-order valence-corrected chi connectivity index (χ1v) is 6.58. The minimum Gasteiger partial charge on any atom is -0.480 e. The summed E-state index contributed by atoms with van der Waals surface area (Å²) in [5.41, 5.74) is -0.538. The molecule has 6 nitrogen and oxygen atoms in total. The SMILES string of the molecule is COC1CCCC1NC(=O)N(CC(=O)O)C(C)(C)C. The third-order valence-electron chi connectivity index (χ3n) is 3.41. The first-order valence-electron chi connectivity index (χ1n) is 6.58. The number of hydrogen-bond donors (Lipinski definition) is 2. The van der Waals surface area contributed by atoms with Gasteiger partial charge in [-0.05, 0) is 40.0 Å². The highest BCUT2D eigenvalue weighted by atomic mass is 16.5. The number of rotatable bonds is 4. The number of carbonyl (C=O) groups is 2. The Kier molecular flexibility index (Phi) is 5.17. The molecule has 2 atom stereocenters. The Balaban J connectivity index is 2.69. The third-order valence-corrected chi connectivity index (χ3v) is 3.41. The van der Waals surface area contributed by atoms with Gasteiger partial charge in [0.25, 0.3) is 0 Å². The van der Waals surface area contributed by atoms with Crippen molar-refractivity contribution in [3.63, 3.8) is 0 Å². The van der Waals surface area contributed by atoms with Gasteiger partial charge >= 0.3 is 12.0 Å². The molecule has 0 heterocycles. The maximum Gasteiger partial charge on any atom is 0.323 e. The van der Waals surface area contributed by atoms with Gasteiger partial charge in [-0.15, -0.1) is 0 Å². The second kappa shape index (κ2) is 6.23. The smallest absolute Gasteiger partial charge is 0.323 e. The molecule has 0 aromatic heterocycles. The van der Waals surface area contributed by atoms with Gasteiger partial charge in [-0.2, -0.15) is 0 Å². The van der Waals surface area contributed by atoms with Crippen molar-refractivity contribution in [1.29, 1.82) is 0 Å². The molecule has 6 heteroatoms. The summed E-state index contributed by atoms with van der Waals surface area (Å²) in [6.07, 6.45) is 2.83. The van der Waals surface area contributed by atoms with Crippen LogP contribution in [0.2, 0.25) is 0 Å². The summed E-state index contributed by atoms with van der Waals surface area (Å²) in [5.74, 6) is -1.01. The van der Waals surface area contributed by atoms with E-state index in [9.17, 15) is 9.59 Å². The number of nitrogens with zero attached hydrogens (tertiary/aromatic N) is 1. The van der Waals surface area contributed by atoms with Crippen LogP contribution in [0.1, 0.15) is 40.0 Å². The van der Waals surface area contributed by atoms with E-state index >= 15 is 0 Å². The molecule has 0 aromatic carbocycles. The monoisotopic (exact) mass is 272 g/mol. The molecule has 1 fully saturated rings. The Morgan fingerprint density at radius 1 is 1.37 bits per heavy atom. The van der Waals surface area contributed by atoms with E-state index < -0.39 is 11.5 Å². The summed E-state index contributed by atoms with van der Waals surface area (Å²) in [7, 11) is 1.63. The van der Waals surface area contributed by atoms with Gasteiger partial charge in [0.1, 0.15) is 6.54 Å². The average molecular weight is 272 g/mol. The number of amides is 2. The summed E-state index contributed by atoms with van der Waals surface area (Å²) < 4.78 is 5.32. The molecule has 1 rings (SSSR count). The van der Waals surface area contributed by atoms with E-state index in [1.807, 2.05) is 20.8 Å². The molecule has 110 valence electrons. The number of carboxylic acids is 1. The first-order chi connectivity index (χ1) is 8.75. The average Bonchev–Trinajstić information content (AvgIpc) is 2.71. The molecule has 19 heavy (non-hydrogen) atoms. The van der Waals surface area contributed by atoms with Crippen molar-refractivity contribution in [2.45, 2.75) is 57.7 Å². The lowest BCUT2D eigenvalue weighted by Crippen LogP contribution is -2.55. The number of carboxylic acid groups (broad SMARTS) is 1. The van der Waals surface area contributed by atoms with Gasteiger partial charge in [-0.3, -0.25) is 4.79 Å². The molecule has 1 aliphatic rings.